The fourth-order valence-corrected chi connectivity index (χ4v) is 3.30. The van der Waals surface area contributed by atoms with Gasteiger partial charge in [-0.1, -0.05) is 51.2 Å². The topological polar surface area (TPSA) is 72.4 Å². The van der Waals surface area contributed by atoms with E-state index < -0.39 is 5.63 Å². The lowest BCUT2D eigenvalue weighted by molar-refractivity contribution is 0.466. The van der Waals surface area contributed by atoms with Crippen molar-refractivity contribution in [3.8, 4) is 5.75 Å². The number of aromatic nitrogens is 1. The van der Waals surface area contributed by atoms with Gasteiger partial charge in [0.1, 0.15) is 11.1 Å². The SMILES string of the molecule is CCCCCCCCn1c(=O)c2c(O)cc(=O)oc2c2ccccc21. The van der Waals surface area contributed by atoms with Crippen LogP contribution in [0.15, 0.2) is 44.3 Å². The van der Waals surface area contributed by atoms with Gasteiger partial charge in [0.2, 0.25) is 0 Å². The third kappa shape index (κ3) is 3.45. The largest absolute Gasteiger partial charge is 0.507 e. The first-order chi connectivity index (χ1) is 12.1. The van der Waals surface area contributed by atoms with Gasteiger partial charge in [-0.15, -0.1) is 0 Å². The Kier molecular flexibility index (Phi) is 5.22. The van der Waals surface area contributed by atoms with Gasteiger partial charge in [0.25, 0.3) is 5.56 Å². The van der Waals surface area contributed by atoms with E-state index in [1.54, 1.807) is 10.6 Å². The van der Waals surface area contributed by atoms with Gasteiger partial charge in [-0.3, -0.25) is 4.79 Å². The number of rotatable bonds is 7. The lowest BCUT2D eigenvalue weighted by Gasteiger charge is -2.12. The molecule has 132 valence electrons. The van der Waals surface area contributed by atoms with Crippen molar-refractivity contribution >= 4 is 21.9 Å². The van der Waals surface area contributed by atoms with Crippen LogP contribution in [0.4, 0.5) is 0 Å². The van der Waals surface area contributed by atoms with Crippen molar-refractivity contribution in [2.45, 2.75) is 52.0 Å². The molecule has 0 fully saturated rings. The quantitative estimate of drug-likeness (QED) is 0.517. The molecule has 0 saturated heterocycles. The average molecular weight is 341 g/mol. The van der Waals surface area contributed by atoms with Gasteiger partial charge < -0.3 is 14.1 Å². The third-order valence-corrected chi connectivity index (χ3v) is 4.57. The molecule has 0 aliphatic carbocycles. The van der Waals surface area contributed by atoms with Crippen LogP contribution in [0.25, 0.3) is 21.9 Å². The summed E-state index contributed by atoms with van der Waals surface area (Å²) in [6.07, 6.45) is 6.79. The van der Waals surface area contributed by atoms with Gasteiger partial charge in [-0.2, -0.15) is 0 Å². The van der Waals surface area contributed by atoms with Gasteiger partial charge in [-0.25, -0.2) is 4.79 Å². The first kappa shape index (κ1) is 17.3. The maximum atomic E-state index is 12.9. The number of pyridine rings is 1. The van der Waals surface area contributed by atoms with Crippen LogP contribution in [0.1, 0.15) is 45.4 Å². The van der Waals surface area contributed by atoms with E-state index in [0.29, 0.717) is 11.9 Å². The standard InChI is InChI=1S/C20H23NO4/c1-2-3-4-5-6-9-12-21-15-11-8-7-10-14(15)19-18(20(21)24)16(22)13-17(23)25-19/h7-8,10-11,13,22H,2-6,9,12H2,1H3. The van der Waals surface area contributed by atoms with Crippen LogP contribution < -0.4 is 11.2 Å². The fourth-order valence-electron chi connectivity index (χ4n) is 3.30. The van der Waals surface area contributed by atoms with Crippen LogP contribution >= 0.6 is 0 Å². The molecule has 5 heteroatoms. The highest BCUT2D eigenvalue weighted by Crippen LogP contribution is 2.26. The molecule has 25 heavy (non-hydrogen) atoms. The van der Waals surface area contributed by atoms with Crippen LogP contribution in [0, 0.1) is 0 Å². The molecule has 0 saturated carbocycles. The maximum Gasteiger partial charge on any atom is 0.339 e. The number of para-hydroxylation sites is 1. The summed E-state index contributed by atoms with van der Waals surface area (Å²) in [6, 6.07) is 8.28. The van der Waals surface area contributed by atoms with Crippen molar-refractivity contribution in [3.63, 3.8) is 0 Å². The second-order valence-corrected chi connectivity index (χ2v) is 6.40. The summed E-state index contributed by atoms with van der Waals surface area (Å²) in [4.78, 5) is 24.5. The van der Waals surface area contributed by atoms with E-state index in [0.717, 1.165) is 30.8 Å². The number of aryl methyl sites for hydroxylation is 1. The molecule has 0 amide bonds. The van der Waals surface area contributed by atoms with Gasteiger partial charge in [-0.05, 0) is 18.6 Å². The Morgan fingerprint density at radius 1 is 1.04 bits per heavy atom. The monoisotopic (exact) mass is 341 g/mol. The van der Waals surface area contributed by atoms with Crippen molar-refractivity contribution in [1.29, 1.82) is 0 Å². The average Bonchev–Trinajstić information content (AvgIpc) is 2.59. The predicted octanol–water partition coefficient (Wildman–Crippen LogP) is 4.17. The minimum Gasteiger partial charge on any atom is -0.507 e. The molecule has 0 atom stereocenters. The molecule has 1 N–H and O–H groups in total. The molecule has 0 radical (unpaired) electrons. The van der Waals surface area contributed by atoms with Crippen molar-refractivity contribution < 1.29 is 9.52 Å². The minimum absolute atomic E-state index is 0.0734. The van der Waals surface area contributed by atoms with Crippen molar-refractivity contribution in [2.75, 3.05) is 0 Å². The molecule has 5 nitrogen and oxygen atoms in total. The smallest absolute Gasteiger partial charge is 0.339 e. The Morgan fingerprint density at radius 2 is 1.76 bits per heavy atom. The van der Waals surface area contributed by atoms with Crippen LogP contribution in [0.5, 0.6) is 5.75 Å². The molecular weight excluding hydrogens is 318 g/mol. The number of hydrogen-bond acceptors (Lipinski definition) is 4. The first-order valence-electron chi connectivity index (χ1n) is 8.92. The van der Waals surface area contributed by atoms with E-state index in [4.69, 9.17) is 4.42 Å². The normalized spacial score (nSPS) is 11.4. The van der Waals surface area contributed by atoms with E-state index >= 15 is 0 Å². The maximum absolute atomic E-state index is 12.9. The fraction of sp³-hybridized carbons (Fsp3) is 0.400. The highest BCUT2D eigenvalue weighted by Gasteiger charge is 2.16. The summed E-state index contributed by atoms with van der Waals surface area (Å²) in [5, 5.41) is 10.8. The summed E-state index contributed by atoms with van der Waals surface area (Å²) < 4.78 is 6.91. The van der Waals surface area contributed by atoms with E-state index in [1.807, 2.05) is 18.2 Å². The molecule has 2 aromatic heterocycles. The zero-order valence-corrected chi connectivity index (χ0v) is 14.5. The minimum atomic E-state index is -0.664. The molecule has 0 bridgehead atoms. The van der Waals surface area contributed by atoms with Gasteiger partial charge in [0.05, 0.1) is 11.6 Å². The van der Waals surface area contributed by atoms with Crippen molar-refractivity contribution in [1.82, 2.24) is 4.57 Å². The molecule has 0 aliphatic rings. The number of nitrogens with zero attached hydrogens (tertiary/aromatic N) is 1. The highest BCUT2D eigenvalue weighted by molar-refractivity contribution is 6.03. The number of aromatic hydroxyl groups is 1. The zero-order valence-electron chi connectivity index (χ0n) is 14.5. The number of benzene rings is 1. The van der Waals surface area contributed by atoms with E-state index in [9.17, 15) is 14.7 Å². The molecule has 3 aromatic rings. The van der Waals surface area contributed by atoms with Crippen LogP contribution in [0.2, 0.25) is 0 Å². The third-order valence-electron chi connectivity index (χ3n) is 4.57. The molecule has 1 aromatic carbocycles. The first-order valence-corrected chi connectivity index (χ1v) is 8.92. The van der Waals surface area contributed by atoms with Gasteiger partial charge >= 0.3 is 5.63 Å². The Morgan fingerprint density at radius 3 is 2.56 bits per heavy atom. The summed E-state index contributed by atoms with van der Waals surface area (Å²) in [7, 11) is 0. The van der Waals surface area contributed by atoms with E-state index in [1.165, 1.54) is 19.3 Å². The second kappa shape index (κ2) is 7.55. The van der Waals surface area contributed by atoms with Crippen LogP contribution in [-0.4, -0.2) is 9.67 Å². The van der Waals surface area contributed by atoms with Crippen LogP contribution in [0.3, 0.4) is 0 Å². The Balaban J connectivity index is 2.04. The highest BCUT2D eigenvalue weighted by atomic mass is 16.4. The molecule has 0 aliphatic heterocycles. The second-order valence-electron chi connectivity index (χ2n) is 6.40. The summed E-state index contributed by atoms with van der Waals surface area (Å²) >= 11 is 0. The lowest BCUT2D eigenvalue weighted by atomic mass is 10.1. The van der Waals surface area contributed by atoms with Crippen LogP contribution in [-0.2, 0) is 6.54 Å². The zero-order chi connectivity index (χ0) is 17.8. The van der Waals surface area contributed by atoms with Gasteiger partial charge in [0, 0.05) is 11.9 Å². The van der Waals surface area contributed by atoms with E-state index in [-0.39, 0.29) is 22.3 Å². The number of hydrogen-bond donors (Lipinski definition) is 1. The Labute approximate surface area is 145 Å². The molecule has 3 rings (SSSR count). The summed E-state index contributed by atoms with van der Waals surface area (Å²) in [5.41, 5.74) is -0.0983. The van der Waals surface area contributed by atoms with Crippen molar-refractivity contribution in [3.05, 3.63) is 51.1 Å². The Bertz CT molecular complexity index is 1000. The number of unbranched alkanes of at least 4 members (excludes halogenated alkanes) is 5. The molecule has 0 spiro atoms. The summed E-state index contributed by atoms with van der Waals surface area (Å²) in [6.45, 7) is 2.77. The van der Waals surface area contributed by atoms with Crippen molar-refractivity contribution in [2.24, 2.45) is 0 Å². The molecule has 0 unspecified atom stereocenters. The Hall–Kier alpha value is -2.56. The molecule has 2 heterocycles. The van der Waals surface area contributed by atoms with Gasteiger partial charge in [0.15, 0.2) is 5.58 Å². The number of fused-ring (bicyclic) bond motifs is 3. The molecular formula is C20H23NO4. The summed E-state index contributed by atoms with van der Waals surface area (Å²) in [5.74, 6) is -0.321. The predicted molar refractivity (Wildman–Crippen MR) is 99.3 cm³/mol. The van der Waals surface area contributed by atoms with E-state index in [2.05, 4.69) is 6.92 Å². The lowest BCUT2D eigenvalue weighted by Crippen LogP contribution is -2.22.